The minimum Gasteiger partial charge on any atom is -0.726 e. The maximum atomic E-state index is 10.1. The van der Waals surface area contributed by atoms with Crippen molar-refractivity contribution in [2.45, 2.75) is 111 Å². The van der Waals surface area contributed by atoms with Gasteiger partial charge in [-0.3, -0.25) is 4.55 Å². The van der Waals surface area contributed by atoms with Crippen molar-refractivity contribution in [2.75, 3.05) is 0 Å². The van der Waals surface area contributed by atoms with E-state index < -0.39 is 16.0 Å². The first-order chi connectivity index (χ1) is 15.2. The second-order valence-corrected chi connectivity index (χ2v) is 13.5. The molecule has 4 rings (SSSR count). The van der Waals surface area contributed by atoms with Crippen LogP contribution in [0.3, 0.4) is 0 Å². The summed E-state index contributed by atoms with van der Waals surface area (Å²) in [7, 11) is -4.92. The molecular weight excluding hydrogens is 459 g/mol. The summed E-state index contributed by atoms with van der Waals surface area (Å²) < 4.78 is 32.8. The van der Waals surface area contributed by atoms with Crippen LogP contribution in [-0.2, 0) is 10.4 Å². The molecule has 0 saturated heterocycles. The summed E-state index contributed by atoms with van der Waals surface area (Å²) in [5.74, 6) is 4.55. The third kappa shape index (κ3) is 7.11. The van der Waals surface area contributed by atoms with E-state index in [-0.39, 0.29) is 29.6 Å². The van der Waals surface area contributed by atoms with Gasteiger partial charge in [0, 0.05) is 0 Å². The van der Waals surface area contributed by atoms with Crippen LogP contribution >= 0.6 is 0 Å². The summed E-state index contributed by atoms with van der Waals surface area (Å²) in [4.78, 5) is 0. The maximum absolute atomic E-state index is 10.1. The molecule has 3 fully saturated rings. The van der Waals surface area contributed by atoms with E-state index in [0.717, 1.165) is 36.0 Å². The van der Waals surface area contributed by atoms with Gasteiger partial charge >= 0.3 is 29.6 Å². The molecule has 7 heteroatoms. The Hall–Kier alpha value is 0.570. The Morgan fingerprint density at radius 3 is 2.47 bits per heavy atom. The van der Waals surface area contributed by atoms with Gasteiger partial charge in [0.2, 0.25) is 10.4 Å². The molecule has 2 N–H and O–H groups in total. The third-order valence-corrected chi connectivity index (χ3v) is 10.1. The molecule has 0 aliphatic heterocycles. The Kier molecular flexibility index (Phi) is 10.4. The van der Waals surface area contributed by atoms with Crippen LogP contribution in [0.4, 0.5) is 0 Å². The number of hydrogen-bond acceptors (Lipinski definition) is 4. The quantitative estimate of drug-likeness (QED) is 0.196. The summed E-state index contributed by atoms with van der Waals surface area (Å²) in [5.41, 5.74) is 2.37. The summed E-state index contributed by atoms with van der Waals surface area (Å²) >= 11 is 0. The molecule has 192 valence electrons. The van der Waals surface area contributed by atoms with Gasteiger partial charge in [0.15, 0.2) is 0 Å². The van der Waals surface area contributed by atoms with Crippen molar-refractivity contribution in [2.24, 2.45) is 40.4 Å². The SMILES string of the molecule is CC(CCCC(C)(C)O)C1CCC2C3CC=C4C[CH-]CCC4(C)C3CCC12C.O=S(=O)([O-])O.[Na+]. The summed E-state index contributed by atoms with van der Waals surface area (Å²) in [5, 5.41) is 10.1. The van der Waals surface area contributed by atoms with Crippen molar-refractivity contribution >= 4 is 10.4 Å². The van der Waals surface area contributed by atoms with Gasteiger partial charge < -0.3 is 16.1 Å². The van der Waals surface area contributed by atoms with Crippen molar-refractivity contribution in [1.82, 2.24) is 0 Å². The Labute approximate surface area is 230 Å². The van der Waals surface area contributed by atoms with Gasteiger partial charge in [0.25, 0.3) is 0 Å². The zero-order chi connectivity index (χ0) is 24.7. The largest absolute Gasteiger partial charge is 1.00 e. The van der Waals surface area contributed by atoms with Gasteiger partial charge in [-0.05, 0) is 92.8 Å². The van der Waals surface area contributed by atoms with E-state index in [1.807, 2.05) is 13.8 Å². The van der Waals surface area contributed by atoms with Crippen molar-refractivity contribution < 1.29 is 52.2 Å². The van der Waals surface area contributed by atoms with Gasteiger partial charge in [0.1, 0.15) is 0 Å². The van der Waals surface area contributed by atoms with Crippen molar-refractivity contribution in [1.29, 1.82) is 0 Å². The minimum absolute atomic E-state index is 0. The van der Waals surface area contributed by atoms with Gasteiger partial charge in [-0.25, -0.2) is 8.42 Å². The third-order valence-electron chi connectivity index (χ3n) is 10.1. The Morgan fingerprint density at radius 1 is 1.21 bits per heavy atom. The molecule has 0 heterocycles. The Balaban J connectivity index is 0.000000619. The molecular formula is C27H46NaO5S-. The Morgan fingerprint density at radius 2 is 1.85 bits per heavy atom. The number of aliphatic hydroxyl groups is 1. The molecule has 0 aromatic rings. The van der Waals surface area contributed by atoms with E-state index in [9.17, 15) is 5.11 Å². The molecule has 0 spiro atoms. The first kappa shape index (κ1) is 30.8. The van der Waals surface area contributed by atoms with Crippen LogP contribution in [0.2, 0.25) is 0 Å². The second kappa shape index (κ2) is 11.5. The molecule has 4 aliphatic carbocycles. The maximum Gasteiger partial charge on any atom is 1.00 e. The summed E-state index contributed by atoms with van der Waals surface area (Å²) in [6.07, 6.45) is 19.9. The van der Waals surface area contributed by atoms with E-state index in [2.05, 4.69) is 33.3 Å². The summed E-state index contributed by atoms with van der Waals surface area (Å²) in [6.45, 7) is 11.7. The molecule has 0 bridgehead atoms. The van der Waals surface area contributed by atoms with E-state index in [1.54, 1.807) is 5.57 Å². The zero-order valence-electron chi connectivity index (χ0n) is 22.3. The fourth-order valence-electron chi connectivity index (χ4n) is 8.51. The van der Waals surface area contributed by atoms with Crippen molar-refractivity contribution in [3.05, 3.63) is 18.1 Å². The van der Waals surface area contributed by atoms with Crippen LogP contribution in [0, 0.1) is 46.8 Å². The molecule has 7 atom stereocenters. The molecule has 5 nitrogen and oxygen atoms in total. The van der Waals surface area contributed by atoms with Crippen molar-refractivity contribution in [3.8, 4) is 0 Å². The van der Waals surface area contributed by atoms with Gasteiger partial charge in [-0.1, -0.05) is 51.7 Å². The van der Waals surface area contributed by atoms with Gasteiger partial charge in [0.05, 0.1) is 5.60 Å². The van der Waals surface area contributed by atoms with Gasteiger partial charge in [-0.2, -0.15) is 12.8 Å². The minimum atomic E-state index is -4.92. The molecule has 34 heavy (non-hydrogen) atoms. The predicted octanol–water partition coefficient (Wildman–Crippen LogP) is 3.36. The van der Waals surface area contributed by atoms with Gasteiger partial charge in [-0.15, -0.1) is 0 Å². The first-order valence-electron chi connectivity index (χ1n) is 13.1. The second-order valence-electron chi connectivity index (χ2n) is 12.6. The van der Waals surface area contributed by atoms with Crippen LogP contribution in [0.15, 0.2) is 11.6 Å². The fraction of sp³-hybridized carbons (Fsp3) is 0.889. The normalized spacial score (nSPS) is 38.2. The van der Waals surface area contributed by atoms with E-state index in [4.69, 9.17) is 17.5 Å². The van der Waals surface area contributed by atoms with Crippen LogP contribution < -0.4 is 29.6 Å². The number of allylic oxidation sites excluding steroid dienone is 2. The summed E-state index contributed by atoms with van der Waals surface area (Å²) in [6, 6.07) is 0. The average Bonchev–Trinajstić information content (AvgIpc) is 3.02. The zero-order valence-corrected chi connectivity index (χ0v) is 25.2. The molecule has 7 unspecified atom stereocenters. The molecule has 0 aromatic carbocycles. The van der Waals surface area contributed by atoms with E-state index in [1.165, 1.54) is 64.2 Å². The molecule has 0 amide bonds. The van der Waals surface area contributed by atoms with Crippen LogP contribution in [0.25, 0.3) is 0 Å². The molecule has 3 saturated carbocycles. The monoisotopic (exact) mass is 505 g/mol. The van der Waals surface area contributed by atoms with Crippen LogP contribution in [0.1, 0.15) is 105 Å². The van der Waals surface area contributed by atoms with E-state index >= 15 is 0 Å². The molecule has 0 radical (unpaired) electrons. The number of rotatable bonds is 5. The number of hydrogen-bond donors (Lipinski definition) is 2. The predicted molar refractivity (Wildman–Crippen MR) is 131 cm³/mol. The molecule has 0 aromatic heterocycles. The van der Waals surface area contributed by atoms with Crippen LogP contribution in [-0.4, -0.2) is 28.2 Å². The average molecular weight is 506 g/mol. The fourth-order valence-corrected chi connectivity index (χ4v) is 8.51. The topological polar surface area (TPSA) is 97.7 Å². The Bertz CT molecular complexity index is 811. The standard InChI is InChI=1S/C27H45O.Na.H2O4S/c1-19(9-8-16-25(2,3)28)22-13-14-23-21-12-11-20-10-6-7-17-26(20,4)24(21)15-18-27(22,23)5;;1-5(2,3)4/h6,11,19,21-24,28H,7-10,12-18H2,1-5H3;;(H2,1,2,3,4)/q-1;+1;/p-1. The van der Waals surface area contributed by atoms with Crippen LogP contribution in [0.5, 0.6) is 0 Å². The van der Waals surface area contributed by atoms with Crippen molar-refractivity contribution in [3.63, 3.8) is 0 Å². The van der Waals surface area contributed by atoms with E-state index in [0.29, 0.717) is 10.8 Å². The molecule has 4 aliphatic rings. The smallest absolute Gasteiger partial charge is 0.726 e. The number of fused-ring (bicyclic) bond motifs is 5. The first-order valence-corrected chi connectivity index (χ1v) is 14.4.